The van der Waals surface area contributed by atoms with Gasteiger partial charge in [-0.15, -0.1) is 5.10 Å². The van der Waals surface area contributed by atoms with E-state index in [1.165, 1.54) is 15.9 Å². The molecule has 1 N–H and O–H groups in total. The zero-order valence-corrected chi connectivity index (χ0v) is 17.3. The minimum absolute atomic E-state index is 0.0740. The second-order valence-corrected chi connectivity index (χ2v) is 8.74. The molecular formula is C18H21BrN4O2S. The van der Waals surface area contributed by atoms with Crippen molar-refractivity contribution >= 4 is 32.2 Å². The molecule has 4 rings (SSSR count). The SMILES string of the molecule is Cc1nc2sc([C@@H](c3cccc(Br)c3)N3C[C@@H](C)O[C@@H](C)C3)c(O)n2n1. The van der Waals surface area contributed by atoms with Crippen LogP contribution in [0.5, 0.6) is 5.88 Å². The molecule has 1 fully saturated rings. The van der Waals surface area contributed by atoms with Crippen LogP contribution in [0.25, 0.3) is 4.96 Å². The van der Waals surface area contributed by atoms with Gasteiger partial charge >= 0.3 is 0 Å². The molecule has 0 spiro atoms. The number of aryl methyl sites for hydroxylation is 1. The minimum atomic E-state index is -0.0740. The lowest BCUT2D eigenvalue weighted by Crippen LogP contribution is -2.47. The smallest absolute Gasteiger partial charge is 0.230 e. The van der Waals surface area contributed by atoms with E-state index < -0.39 is 0 Å². The standard InChI is InChI=1S/C18H21BrN4O2S/c1-10-8-22(9-11(2)25-10)15(13-5-4-6-14(19)7-13)16-17(24)23-18(26-16)20-12(3)21-23/h4-7,10-11,15,24H,8-9H2,1-3H3/t10-,11+,15-/m1/s1. The number of thiazole rings is 1. The van der Waals surface area contributed by atoms with Crippen molar-refractivity contribution in [3.05, 3.63) is 45.0 Å². The molecule has 3 heterocycles. The summed E-state index contributed by atoms with van der Waals surface area (Å²) in [6.07, 6.45) is 0.278. The third-order valence-corrected chi connectivity index (χ3v) is 6.10. The molecule has 3 aromatic rings. The number of aromatic hydroxyl groups is 1. The van der Waals surface area contributed by atoms with Crippen molar-refractivity contribution in [3.63, 3.8) is 0 Å². The fraction of sp³-hybridized carbons (Fsp3) is 0.444. The van der Waals surface area contributed by atoms with Crippen LogP contribution in [0.2, 0.25) is 0 Å². The van der Waals surface area contributed by atoms with Crippen LogP contribution in [-0.2, 0) is 4.74 Å². The number of hydrogen-bond acceptors (Lipinski definition) is 6. The molecular weight excluding hydrogens is 416 g/mol. The van der Waals surface area contributed by atoms with Crippen LogP contribution in [0.3, 0.4) is 0 Å². The van der Waals surface area contributed by atoms with Crippen molar-refractivity contribution in [1.29, 1.82) is 0 Å². The van der Waals surface area contributed by atoms with Crippen molar-refractivity contribution in [1.82, 2.24) is 19.5 Å². The first-order valence-electron chi connectivity index (χ1n) is 8.62. The largest absolute Gasteiger partial charge is 0.492 e. The van der Waals surface area contributed by atoms with Gasteiger partial charge in [0.05, 0.1) is 23.1 Å². The van der Waals surface area contributed by atoms with Crippen LogP contribution in [0.15, 0.2) is 28.7 Å². The van der Waals surface area contributed by atoms with E-state index >= 15 is 0 Å². The van der Waals surface area contributed by atoms with Crippen molar-refractivity contribution in [2.24, 2.45) is 0 Å². The Morgan fingerprint density at radius 3 is 2.69 bits per heavy atom. The van der Waals surface area contributed by atoms with Gasteiger partial charge in [-0.05, 0) is 38.5 Å². The van der Waals surface area contributed by atoms with Crippen molar-refractivity contribution in [2.45, 2.75) is 39.0 Å². The van der Waals surface area contributed by atoms with E-state index in [2.05, 4.69) is 56.9 Å². The van der Waals surface area contributed by atoms with Gasteiger partial charge in [0.25, 0.3) is 0 Å². The molecule has 0 aliphatic carbocycles. The zero-order chi connectivity index (χ0) is 18.4. The highest BCUT2D eigenvalue weighted by molar-refractivity contribution is 9.10. The Bertz CT molecular complexity index is 931. The molecule has 1 saturated heterocycles. The van der Waals surface area contributed by atoms with E-state index in [9.17, 15) is 5.11 Å². The molecule has 1 aromatic carbocycles. The van der Waals surface area contributed by atoms with E-state index in [0.717, 1.165) is 28.0 Å². The molecule has 3 atom stereocenters. The molecule has 138 valence electrons. The Morgan fingerprint density at radius 2 is 2.04 bits per heavy atom. The monoisotopic (exact) mass is 436 g/mol. The lowest BCUT2D eigenvalue weighted by atomic mass is 10.0. The van der Waals surface area contributed by atoms with Crippen molar-refractivity contribution in [3.8, 4) is 5.88 Å². The highest BCUT2D eigenvalue weighted by Gasteiger charge is 2.34. The van der Waals surface area contributed by atoms with Crippen LogP contribution < -0.4 is 0 Å². The molecule has 26 heavy (non-hydrogen) atoms. The molecule has 1 aliphatic heterocycles. The zero-order valence-electron chi connectivity index (χ0n) is 14.9. The predicted molar refractivity (Wildman–Crippen MR) is 105 cm³/mol. The highest BCUT2D eigenvalue weighted by atomic mass is 79.9. The molecule has 0 unspecified atom stereocenters. The summed E-state index contributed by atoms with van der Waals surface area (Å²) in [6.45, 7) is 7.61. The summed E-state index contributed by atoms with van der Waals surface area (Å²) in [4.78, 5) is 8.37. The summed E-state index contributed by atoms with van der Waals surface area (Å²) in [5.41, 5.74) is 1.12. The molecule has 2 aromatic heterocycles. The Morgan fingerprint density at radius 1 is 1.31 bits per heavy atom. The number of aromatic nitrogens is 3. The van der Waals surface area contributed by atoms with E-state index in [1.54, 1.807) is 0 Å². The van der Waals surface area contributed by atoms with Gasteiger partial charge in [-0.25, -0.2) is 4.98 Å². The number of fused-ring (bicyclic) bond motifs is 1. The van der Waals surface area contributed by atoms with Gasteiger partial charge < -0.3 is 9.84 Å². The normalized spacial score (nSPS) is 22.8. The van der Waals surface area contributed by atoms with Gasteiger partial charge in [-0.3, -0.25) is 4.90 Å². The molecule has 8 heteroatoms. The molecule has 0 amide bonds. The number of rotatable bonds is 3. The highest BCUT2D eigenvalue weighted by Crippen LogP contribution is 2.41. The third-order valence-electron chi connectivity index (χ3n) is 4.53. The van der Waals surface area contributed by atoms with E-state index in [4.69, 9.17) is 4.74 Å². The van der Waals surface area contributed by atoms with E-state index in [-0.39, 0.29) is 24.1 Å². The topological polar surface area (TPSA) is 62.9 Å². The summed E-state index contributed by atoms with van der Waals surface area (Å²) in [6, 6.07) is 8.17. The lowest BCUT2D eigenvalue weighted by Gasteiger charge is -2.40. The fourth-order valence-electron chi connectivity index (χ4n) is 3.66. The maximum absolute atomic E-state index is 10.9. The summed E-state index contributed by atoms with van der Waals surface area (Å²) in [5.74, 6) is 0.827. The second kappa shape index (κ2) is 6.92. The summed E-state index contributed by atoms with van der Waals surface area (Å²) >= 11 is 5.06. The first kappa shape index (κ1) is 17.9. The molecule has 0 saturated carbocycles. The predicted octanol–water partition coefficient (Wildman–Crippen LogP) is 3.77. The van der Waals surface area contributed by atoms with E-state index in [0.29, 0.717) is 10.8 Å². The molecule has 0 radical (unpaired) electrons. The lowest BCUT2D eigenvalue weighted by molar-refractivity contribution is -0.0764. The summed E-state index contributed by atoms with van der Waals surface area (Å²) < 4.78 is 8.47. The van der Waals surface area contributed by atoms with Crippen LogP contribution in [0, 0.1) is 6.92 Å². The maximum Gasteiger partial charge on any atom is 0.230 e. The fourth-order valence-corrected chi connectivity index (χ4v) is 5.24. The first-order valence-corrected chi connectivity index (χ1v) is 10.2. The quantitative estimate of drug-likeness (QED) is 0.676. The van der Waals surface area contributed by atoms with Crippen LogP contribution in [0.4, 0.5) is 0 Å². The van der Waals surface area contributed by atoms with Crippen LogP contribution >= 0.6 is 27.3 Å². The number of halogens is 1. The van der Waals surface area contributed by atoms with Gasteiger partial charge in [0.15, 0.2) is 0 Å². The number of ether oxygens (including phenoxy) is 1. The van der Waals surface area contributed by atoms with Gasteiger partial charge in [-0.2, -0.15) is 4.52 Å². The number of morpholine rings is 1. The number of benzene rings is 1. The van der Waals surface area contributed by atoms with Crippen LogP contribution in [-0.4, -0.2) is 49.9 Å². The molecule has 0 bridgehead atoms. The van der Waals surface area contributed by atoms with Gasteiger partial charge in [0.1, 0.15) is 5.82 Å². The van der Waals surface area contributed by atoms with E-state index in [1.807, 2.05) is 19.1 Å². The molecule has 6 nitrogen and oxygen atoms in total. The Kier molecular flexibility index (Phi) is 4.77. The van der Waals surface area contributed by atoms with Gasteiger partial charge in [-0.1, -0.05) is 39.4 Å². The average Bonchev–Trinajstić information content (AvgIpc) is 3.05. The molecule has 1 aliphatic rings. The van der Waals surface area contributed by atoms with Crippen LogP contribution in [0.1, 0.15) is 36.2 Å². The Labute approximate surface area is 164 Å². The van der Waals surface area contributed by atoms with Gasteiger partial charge in [0.2, 0.25) is 10.8 Å². The summed E-state index contributed by atoms with van der Waals surface area (Å²) in [7, 11) is 0. The average molecular weight is 437 g/mol. The van der Waals surface area contributed by atoms with Crippen molar-refractivity contribution < 1.29 is 9.84 Å². The number of nitrogens with zero attached hydrogens (tertiary/aromatic N) is 4. The number of hydrogen-bond donors (Lipinski definition) is 1. The van der Waals surface area contributed by atoms with Crippen molar-refractivity contribution in [2.75, 3.05) is 13.1 Å². The third kappa shape index (κ3) is 3.26. The second-order valence-electron chi connectivity index (χ2n) is 6.81. The Balaban J connectivity index is 1.84. The Hall–Kier alpha value is -1.48. The minimum Gasteiger partial charge on any atom is -0.492 e. The maximum atomic E-state index is 10.9. The first-order chi connectivity index (χ1) is 12.4. The van der Waals surface area contributed by atoms with Gasteiger partial charge in [0, 0.05) is 17.6 Å². The summed E-state index contributed by atoms with van der Waals surface area (Å²) in [5, 5.41) is 15.2.